The van der Waals surface area contributed by atoms with Crippen molar-refractivity contribution in [2.24, 2.45) is 0 Å². The molecule has 1 aromatic rings. The third kappa shape index (κ3) is 5.82. The zero-order chi connectivity index (χ0) is 18.1. The fourth-order valence-corrected chi connectivity index (χ4v) is 2.72. The molecule has 0 spiro atoms. The summed E-state index contributed by atoms with van der Waals surface area (Å²) in [6.07, 6.45) is 2.61. The summed E-state index contributed by atoms with van der Waals surface area (Å²) in [6, 6.07) is 7.07. The number of nitrogens with one attached hydrogen (secondary N) is 1. The molecule has 0 aliphatic heterocycles. The standard InChI is InChI=1S/C19H29ClN2O2/c1-5-10-18(23)22(13-15-11-8-9-12-16(15)20)17(7-3)19(24)21-14(4)6-2/h8-9,11-12,14,17H,5-7,10,13H2,1-4H3,(H,21,24). The smallest absolute Gasteiger partial charge is 0.243 e. The summed E-state index contributed by atoms with van der Waals surface area (Å²) in [5.41, 5.74) is 0.860. The SMILES string of the molecule is CCCC(=O)N(Cc1ccccc1Cl)C(CC)C(=O)NC(C)CC. The van der Waals surface area contributed by atoms with Gasteiger partial charge >= 0.3 is 0 Å². The van der Waals surface area contributed by atoms with Crippen LogP contribution in [0.15, 0.2) is 24.3 Å². The van der Waals surface area contributed by atoms with Crippen molar-refractivity contribution >= 4 is 23.4 Å². The number of rotatable bonds is 9. The average molecular weight is 353 g/mol. The molecule has 0 aliphatic rings. The largest absolute Gasteiger partial charge is 0.352 e. The van der Waals surface area contributed by atoms with E-state index in [1.807, 2.05) is 45.9 Å². The van der Waals surface area contributed by atoms with E-state index >= 15 is 0 Å². The van der Waals surface area contributed by atoms with Crippen LogP contribution in [0.2, 0.25) is 5.02 Å². The Kier molecular flexibility index (Phi) is 8.83. The van der Waals surface area contributed by atoms with Crippen molar-refractivity contribution in [2.45, 2.75) is 72.0 Å². The predicted molar refractivity (Wildman–Crippen MR) is 98.9 cm³/mol. The van der Waals surface area contributed by atoms with Crippen LogP contribution in [-0.2, 0) is 16.1 Å². The van der Waals surface area contributed by atoms with Gasteiger partial charge in [-0.3, -0.25) is 9.59 Å². The highest BCUT2D eigenvalue weighted by molar-refractivity contribution is 6.31. The number of carbonyl (C=O) groups excluding carboxylic acids is 2. The van der Waals surface area contributed by atoms with Crippen molar-refractivity contribution in [2.75, 3.05) is 0 Å². The Hall–Kier alpha value is -1.55. The van der Waals surface area contributed by atoms with Crippen LogP contribution in [0, 0.1) is 0 Å². The van der Waals surface area contributed by atoms with Crippen molar-refractivity contribution < 1.29 is 9.59 Å². The van der Waals surface area contributed by atoms with Gasteiger partial charge in [0.05, 0.1) is 0 Å². The number of nitrogens with zero attached hydrogens (tertiary/aromatic N) is 1. The van der Waals surface area contributed by atoms with Crippen molar-refractivity contribution in [1.29, 1.82) is 0 Å². The Labute approximate surface area is 150 Å². The van der Waals surface area contributed by atoms with Crippen molar-refractivity contribution in [3.05, 3.63) is 34.9 Å². The molecule has 2 unspecified atom stereocenters. The molecule has 4 nitrogen and oxygen atoms in total. The lowest BCUT2D eigenvalue weighted by Crippen LogP contribution is -2.50. The maximum atomic E-state index is 12.6. The minimum atomic E-state index is -0.477. The normalized spacial score (nSPS) is 13.2. The molecule has 2 amide bonds. The summed E-state index contributed by atoms with van der Waals surface area (Å²) in [6.45, 7) is 8.24. The third-order valence-corrected chi connectivity index (χ3v) is 4.52. The van der Waals surface area contributed by atoms with Crippen LogP contribution in [0.1, 0.15) is 58.9 Å². The minimum absolute atomic E-state index is 0.0106. The molecule has 0 aromatic heterocycles. The van der Waals surface area contributed by atoms with Gasteiger partial charge in [-0.1, -0.05) is 50.6 Å². The molecule has 0 saturated carbocycles. The van der Waals surface area contributed by atoms with E-state index in [0.717, 1.165) is 18.4 Å². The molecule has 5 heteroatoms. The van der Waals surface area contributed by atoms with Crippen LogP contribution in [0.5, 0.6) is 0 Å². The molecule has 1 N–H and O–H groups in total. The summed E-state index contributed by atoms with van der Waals surface area (Å²) in [4.78, 5) is 26.9. The van der Waals surface area contributed by atoms with Crippen LogP contribution in [0.4, 0.5) is 0 Å². The van der Waals surface area contributed by atoms with Crippen molar-refractivity contribution in [3.8, 4) is 0 Å². The molecule has 0 saturated heterocycles. The maximum absolute atomic E-state index is 12.6. The first-order chi connectivity index (χ1) is 11.4. The van der Waals surface area contributed by atoms with E-state index in [4.69, 9.17) is 11.6 Å². The molecule has 0 heterocycles. The van der Waals surface area contributed by atoms with Gasteiger partial charge in [-0.25, -0.2) is 0 Å². The Bertz CT molecular complexity index is 548. The molecule has 0 radical (unpaired) electrons. The number of amides is 2. The second-order valence-corrected chi connectivity index (χ2v) is 6.51. The summed E-state index contributed by atoms with van der Waals surface area (Å²) in [7, 11) is 0. The van der Waals surface area contributed by atoms with E-state index in [1.165, 1.54) is 0 Å². The number of benzene rings is 1. The maximum Gasteiger partial charge on any atom is 0.243 e. The molecule has 24 heavy (non-hydrogen) atoms. The van der Waals surface area contributed by atoms with Crippen LogP contribution in [-0.4, -0.2) is 28.8 Å². The Morgan fingerprint density at radius 3 is 2.38 bits per heavy atom. The molecular weight excluding hydrogens is 324 g/mol. The number of hydrogen-bond donors (Lipinski definition) is 1. The molecule has 0 aliphatic carbocycles. The van der Waals surface area contributed by atoms with E-state index in [-0.39, 0.29) is 17.9 Å². The first kappa shape index (κ1) is 20.5. The third-order valence-electron chi connectivity index (χ3n) is 4.15. The average Bonchev–Trinajstić information content (AvgIpc) is 2.56. The van der Waals surface area contributed by atoms with Gasteiger partial charge in [0, 0.05) is 24.0 Å². The van der Waals surface area contributed by atoms with Gasteiger partial charge in [0.2, 0.25) is 11.8 Å². The molecule has 0 bridgehead atoms. The van der Waals surface area contributed by atoms with Gasteiger partial charge < -0.3 is 10.2 Å². The van der Waals surface area contributed by atoms with Crippen molar-refractivity contribution in [1.82, 2.24) is 10.2 Å². The van der Waals surface area contributed by atoms with Crippen LogP contribution in [0.3, 0.4) is 0 Å². The lowest BCUT2D eigenvalue weighted by molar-refractivity contribution is -0.141. The number of halogens is 1. The molecule has 1 rings (SSSR count). The van der Waals surface area contributed by atoms with Gasteiger partial charge in [0.1, 0.15) is 6.04 Å². The van der Waals surface area contributed by atoms with E-state index in [1.54, 1.807) is 11.0 Å². The monoisotopic (exact) mass is 352 g/mol. The fraction of sp³-hybridized carbons (Fsp3) is 0.579. The number of carbonyl (C=O) groups is 2. The van der Waals surface area contributed by atoms with E-state index in [0.29, 0.717) is 24.4 Å². The highest BCUT2D eigenvalue weighted by Crippen LogP contribution is 2.20. The first-order valence-electron chi connectivity index (χ1n) is 8.77. The molecule has 134 valence electrons. The lowest BCUT2D eigenvalue weighted by atomic mass is 10.1. The van der Waals surface area contributed by atoms with Crippen LogP contribution < -0.4 is 5.32 Å². The topological polar surface area (TPSA) is 49.4 Å². The summed E-state index contributed by atoms with van der Waals surface area (Å²) in [5, 5.41) is 3.61. The second-order valence-electron chi connectivity index (χ2n) is 6.10. The van der Waals surface area contributed by atoms with Gasteiger partial charge in [0.15, 0.2) is 0 Å². The lowest BCUT2D eigenvalue weighted by Gasteiger charge is -2.31. The van der Waals surface area contributed by atoms with Crippen LogP contribution >= 0.6 is 11.6 Å². The van der Waals surface area contributed by atoms with E-state index < -0.39 is 6.04 Å². The van der Waals surface area contributed by atoms with E-state index in [2.05, 4.69) is 5.32 Å². The zero-order valence-electron chi connectivity index (χ0n) is 15.1. The summed E-state index contributed by atoms with van der Waals surface area (Å²) < 4.78 is 0. The van der Waals surface area contributed by atoms with Crippen molar-refractivity contribution in [3.63, 3.8) is 0 Å². The highest BCUT2D eigenvalue weighted by atomic mass is 35.5. The predicted octanol–water partition coefficient (Wildman–Crippen LogP) is 4.16. The van der Waals surface area contributed by atoms with Gasteiger partial charge in [-0.2, -0.15) is 0 Å². The minimum Gasteiger partial charge on any atom is -0.352 e. The molecule has 0 fully saturated rings. The quantitative estimate of drug-likeness (QED) is 0.725. The Morgan fingerprint density at radius 1 is 1.17 bits per heavy atom. The molecule has 2 atom stereocenters. The van der Waals surface area contributed by atoms with Crippen LogP contribution in [0.25, 0.3) is 0 Å². The highest BCUT2D eigenvalue weighted by Gasteiger charge is 2.29. The molecular formula is C19H29ClN2O2. The Balaban J connectivity index is 3.04. The van der Waals surface area contributed by atoms with Gasteiger partial charge in [0.25, 0.3) is 0 Å². The summed E-state index contributed by atoms with van der Waals surface area (Å²) in [5.74, 6) is -0.105. The summed E-state index contributed by atoms with van der Waals surface area (Å²) >= 11 is 6.25. The fourth-order valence-electron chi connectivity index (χ4n) is 2.53. The molecule has 1 aromatic carbocycles. The Morgan fingerprint density at radius 2 is 1.83 bits per heavy atom. The zero-order valence-corrected chi connectivity index (χ0v) is 15.9. The first-order valence-corrected chi connectivity index (χ1v) is 9.15. The van der Waals surface area contributed by atoms with Gasteiger partial charge in [-0.15, -0.1) is 0 Å². The number of hydrogen-bond acceptors (Lipinski definition) is 2. The van der Waals surface area contributed by atoms with E-state index in [9.17, 15) is 9.59 Å². The second kappa shape index (κ2) is 10.3. The van der Waals surface area contributed by atoms with Gasteiger partial charge in [-0.05, 0) is 37.8 Å².